The SMILES string of the molecule is CC(C)(C)c1ccnc(-c2[c-]cccc2)c1.[2H]C([2H])([2H])c1cc(-c2cc(C(C)C)c(-n3c(-c4[c-]ccc5c4oc4cc6c(ccc7ccccc76)cc45)nc4cccc(C([2H])([2H])[2H])c43)c(C(C)C)c2)ccc1-c1c(C(C)C)cc(C(C)C)cc1C(C)C.[Ir]. The standard InChI is InChI=1S/C62H61N2O.C15H16N.Ir/c1-34(2)44-29-50(35(3)4)58(51(30-44)36(5)6)46-26-25-42(27-40(46)12)45-31-52(37(7)8)60(53(32-45)38(9)10)64-59-39(11)17-15-22-56(59)63-62(64)49-21-16-20-48-55-28-43-24-23-41-18-13-14-19-47(41)54(43)33-57(55)65-61(48)49;1-15(2,3)13-9-10-16-14(11-13)12-7-5-4-6-8-12;/h13-20,22-38H,1-12H3;4-7,9-11H,1-3H3;/q2*-1;/i11D3,12D3;;. The van der Waals surface area contributed by atoms with Gasteiger partial charge in [0.15, 0.2) is 0 Å². The van der Waals surface area contributed by atoms with E-state index in [-0.39, 0.29) is 54.8 Å². The molecular weight excluding hydrogens is 1180 g/mol. The van der Waals surface area contributed by atoms with Crippen molar-refractivity contribution in [1.29, 1.82) is 0 Å². The Morgan fingerprint density at radius 1 is 0.549 bits per heavy atom. The van der Waals surface area contributed by atoms with E-state index in [0.29, 0.717) is 39.5 Å². The Bertz CT molecular complexity index is 4520. The van der Waals surface area contributed by atoms with Crippen molar-refractivity contribution < 1.29 is 32.7 Å². The van der Waals surface area contributed by atoms with Gasteiger partial charge in [-0.1, -0.05) is 186 Å². The van der Waals surface area contributed by atoms with E-state index in [1.54, 1.807) is 12.1 Å². The summed E-state index contributed by atoms with van der Waals surface area (Å²) in [7, 11) is 0. The first kappa shape index (κ1) is 50.3. The molecular formula is C77H77IrN3O-2. The first-order valence-electron chi connectivity index (χ1n) is 31.8. The van der Waals surface area contributed by atoms with Crippen LogP contribution in [0, 0.1) is 25.8 Å². The Hall–Kier alpha value is -7.43. The van der Waals surface area contributed by atoms with Crippen molar-refractivity contribution in [2.75, 3.05) is 0 Å². The van der Waals surface area contributed by atoms with Crippen molar-refractivity contribution in [3.05, 3.63) is 221 Å². The van der Waals surface area contributed by atoms with Crippen LogP contribution in [-0.4, -0.2) is 14.5 Å². The molecule has 0 spiro atoms. The molecule has 0 bridgehead atoms. The number of imidazole rings is 1. The molecule has 417 valence electrons. The van der Waals surface area contributed by atoms with Crippen molar-refractivity contribution in [1.82, 2.24) is 14.5 Å². The minimum Gasteiger partial charge on any atom is -0.501 e. The van der Waals surface area contributed by atoms with Gasteiger partial charge in [0.1, 0.15) is 5.58 Å². The number of para-hydroxylation sites is 1. The number of furan rings is 1. The number of fused-ring (bicyclic) bond motifs is 7. The number of hydrogen-bond acceptors (Lipinski definition) is 3. The normalized spacial score (nSPS) is 13.4. The van der Waals surface area contributed by atoms with Crippen LogP contribution in [0.2, 0.25) is 0 Å². The van der Waals surface area contributed by atoms with Crippen LogP contribution in [0.15, 0.2) is 168 Å². The molecule has 82 heavy (non-hydrogen) atoms. The Kier molecular flexibility index (Phi) is 14.2. The molecule has 0 atom stereocenters. The number of rotatable bonds is 10. The number of aromatic nitrogens is 3. The molecule has 12 rings (SSSR count). The van der Waals surface area contributed by atoms with E-state index >= 15 is 0 Å². The Morgan fingerprint density at radius 2 is 1.24 bits per heavy atom. The summed E-state index contributed by atoms with van der Waals surface area (Å²) in [6.45, 7) is 23.5. The summed E-state index contributed by atoms with van der Waals surface area (Å²) in [5.74, 6) is 1.09. The molecule has 0 N–H and O–H groups in total. The van der Waals surface area contributed by atoms with E-state index in [0.717, 1.165) is 99.4 Å². The van der Waals surface area contributed by atoms with Crippen LogP contribution in [0.4, 0.5) is 0 Å². The van der Waals surface area contributed by atoms with E-state index in [2.05, 4.69) is 192 Å². The molecule has 5 heteroatoms. The van der Waals surface area contributed by atoms with Gasteiger partial charge in [-0.2, -0.15) is 0 Å². The fourth-order valence-corrected chi connectivity index (χ4v) is 11.7. The van der Waals surface area contributed by atoms with Crippen LogP contribution in [0.1, 0.15) is 172 Å². The molecule has 0 aliphatic heterocycles. The van der Waals surface area contributed by atoms with Crippen molar-refractivity contribution in [3.8, 4) is 50.6 Å². The van der Waals surface area contributed by atoms with Crippen LogP contribution in [0.3, 0.4) is 0 Å². The summed E-state index contributed by atoms with van der Waals surface area (Å²) in [5, 5.41) is 6.37. The van der Waals surface area contributed by atoms with Gasteiger partial charge >= 0.3 is 0 Å². The Morgan fingerprint density at radius 3 is 1.90 bits per heavy atom. The zero-order valence-corrected chi connectivity index (χ0v) is 52.0. The van der Waals surface area contributed by atoms with Gasteiger partial charge in [0.2, 0.25) is 0 Å². The van der Waals surface area contributed by atoms with E-state index < -0.39 is 13.7 Å². The average Bonchev–Trinajstić information content (AvgIpc) is 2.76. The fourth-order valence-electron chi connectivity index (χ4n) is 11.7. The minimum absolute atomic E-state index is 0. The van der Waals surface area contributed by atoms with Gasteiger partial charge in [-0.3, -0.25) is 4.98 Å². The maximum atomic E-state index is 9.02. The van der Waals surface area contributed by atoms with Crippen LogP contribution >= 0.6 is 0 Å². The summed E-state index contributed by atoms with van der Waals surface area (Å²) in [4.78, 5) is 9.71. The van der Waals surface area contributed by atoms with Crippen LogP contribution < -0.4 is 0 Å². The second-order valence-electron chi connectivity index (χ2n) is 24.6. The molecule has 3 aromatic heterocycles. The fraction of sp³-hybridized carbons (Fsp3) is 0.273. The van der Waals surface area contributed by atoms with Gasteiger partial charge in [-0.05, 0) is 179 Å². The van der Waals surface area contributed by atoms with Gasteiger partial charge in [0.05, 0.1) is 22.4 Å². The molecule has 1 radical (unpaired) electrons. The van der Waals surface area contributed by atoms with Crippen molar-refractivity contribution in [3.63, 3.8) is 0 Å². The second kappa shape index (κ2) is 23.1. The average molecular weight is 1260 g/mol. The van der Waals surface area contributed by atoms with Crippen LogP contribution in [0.25, 0.3) is 105 Å². The summed E-state index contributed by atoms with van der Waals surface area (Å²) in [5.41, 5.74) is 16.8. The van der Waals surface area contributed by atoms with Crippen LogP contribution in [-0.2, 0) is 25.5 Å². The molecule has 0 fully saturated rings. The number of benzene rings is 9. The Balaban J connectivity index is 0.000000436. The predicted molar refractivity (Wildman–Crippen MR) is 346 cm³/mol. The largest absolute Gasteiger partial charge is 0.501 e. The quantitative estimate of drug-likeness (QED) is 0.101. The molecule has 3 heterocycles. The number of nitrogens with zero attached hydrogens (tertiary/aromatic N) is 3. The molecule has 12 aromatic rings. The van der Waals surface area contributed by atoms with E-state index in [1.807, 2.05) is 71.4 Å². The molecule has 0 saturated carbocycles. The molecule has 0 aliphatic carbocycles. The maximum Gasteiger partial charge on any atom is 0.121 e. The van der Waals surface area contributed by atoms with Gasteiger partial charge < -0.3 is 14.0 Å². The van der Waals surface area contributed by atoms with Gasteiger partial charge in [0.25, 0.3) is 0 Å². The zero-order chi connectivity index (χ0) is 62.2. The molecule has 9 aromatic carbocycles. The van der Waals surface area contributed by atoms with Gasteiger partial charge in [-0.25, -0.2) is 0 Å². The van der Waals surface area contributed by atoms with Crippen LogP contribution in [0.5, 0.6) is 0 Å². The first-order chi connectivity index (χ1) is 41.2. The summed E-state index contributed by atoms with van der Waals surface area (Å²) < 4.78 is 62.6. The topological polar surface area (TPSA) is 43.9 Å². The number of pyridine rings is 1. The molecule has 0 unspecified atom stereocenters. The third-order valence-electron chi connectivity index (χ3n) is 16.2. The van der Waals surface area contributed by atoms with Crippen molar-refractivity contribution in [2.45, 2.75) is 139 Å². The van der Waals surface area contributed by atoms with E-state index in [9.17, 15) is 0 Å². The van der Waals surface area contributed by atoms with Gasteiger partial charge in [0, 0.05) is 45.6 Å². The second-order valence-corrected chi connectivity index (χ2v) is 24.6. The predicted octanol–water partition coefficient (Wildman–Crippen LogP) is 22.1. The molecule has 0 saturated heterocycles. The van der Waals surface area contributed by atoms with Crippen molar-refractivity contribution in [2.24, 2.45) is 0 Å². The molecule has 0 amide bonds. The number of aryl methyl sites for hydroxylation is 2. The molecule has 4 nitrogen and oxygen atoms in total. The monoisotopic (exact) mass is 1260 g/mol. The molecule has 0 aliphatic rings. The smallest absolute Gasteiger partial charge is 0.121 e. The third-order valence-corrected chi connectivity index (χ3v) is 16.2. The van der Waals surface area contributed by atoms with E-state index in [4.69, 9.17) is 17.6 Å². The summed E-state index contributed by atoms with van der Waals surface area (Å²) in [6, 6.07) is 60.0. The van der Waals surface area contributed by atoms with Gasteiger partial charge in [-0.15, -0.1) is 54.1 Å². The number of hydrogen-bond donors (Lipinski definition) is 0. The summed E-state index contributed by atoms with van der Waals surface area (Å²) >= 11 is 0. The first-order valence-corrected chi connectivity index (χ1v) is 28.8. The van der Waals surface area contributed by atoms with Crippen molar-refractivity contribution >= 4 is 54.5 Å². The third kappa shape index (κ3) is 10.8. The van der Waals surface area contributed by atoms with E-state index in [1.165, 1.54) is 11.1 Å². The zero-order valence-electron chi connectivity index (χ0n) is 55.6. The maximum absolute atomic E-state index is 9.02. The summed E-state index contributed by atoms with van der Waals surface area (Å²) in [6.07, 6.45) is 1.87. The Labute approximate surface area is 508 Å². The minimum atomic E-state index is -2.46.